The topological polar surface area (TPSA) is 38.3 Å². The Kier molecular flexibility index (Phi) is 5.58. The second-order valence-electron chi connectivity index (χ2n) is 4.75. The monoisotopic (exact) mass is 301 g/mol. The van der Waals surface area contributed by atoms with Gasteiger partial charge in [0.25, 0.3) is 0 Å². The molecule has 0 atom stereocenters. The fraction of sp³-hybridized carbons (Fsp3) is 0.235. The van der Waals surface area contributed by atoms with Crippen molar-refractivity contribution in [2.24, 2.45) is 0 Å². The Morgan fingerprint density at radius 2 is 2.00 bits per heavy atom. The first-order valence-corrected chi connectivity index (χ1v) is 7.72. The molecule has 3 nitrogen and oxygen atoms in total. The second kappa shape index (κ2) is 7.64. The lowest BCUT2D eigenvalue weighted by molar-refractivity contribution is -0.116. The molecule has 0 spiro atoms. The number of rotatable bonds is 6. The van der Waals surface area contributed by atoms with Gasteiger partial charge in [-0.1, -0.05) is 17.7 Å². The zero-order chi connectivity index (χ0) is 15.1. The van der Waals surface area contributed by atoms with Crippen molar-refractivity contribution in [1.29, 1.82) is 0 Å². The maximum absolute atomic E-state index is 11.7. The predicted octanol–water partition coefficient (Wildman–Crippen LogP) is 3.57. The molecule has 0 aliphatic carbocycles. The van der Waals surface area contributed by atoms with Gasteiger partial charge in [-0.25, -0.2) is 0 Å². The molecule has 1 heterocycles. The summed E-state index contributed by atoms with van der Waals surface area (Å²) in [4.78, 5) is 12.8. The highest BCUT2D eigenvalue weighted by atomic mass is 32.1. The van der Waals surface area contributed by atoms with E-state index in [1.165, 1.54) is 11.1 Å². The molecular weight excluding hydrogens is 282 g/mol. The summed E-state index contributed by atoms with van der Waals surface area (Å²) in [7, 11) is 0. The third-order valence-electron chi connectivity index (χ3n) is 2.98. The number of benzene rings is 1. The number of hydrogen-bond donors (Lipinski definition) is 1. The van der Waals surface area contributed by atoms with Gasteiger partial charge in [0.1, 0.15) is 12.4 Å². The minimum absolute atomic E-state index is 0.102. The molecule has 21 heavy (non-hydrogen) atoms. The van der Waals surface area contributed by atoms with Gasteiger partial charge in [-0.3, -0.25) is 4.79 Å². The molecule has 4 heteroatoms. The maximum atomic E-state index is 11.7. The Morgan fingerprint density at radius 1 is 1.24 bits per heavy atom. The zero-order valence-electron chi connectivity index (χ0n) is 12.3. The van der Waals surface area contributed by atoms with E-state index in [1.54, 1.807) is 17.4 Å². The second-order valence-corrected chi connectivity index (χ2v) is 5.70. The fourth-order valence-corrected chi connectivity index (χ4v) is 2.56. The van der Waals surface area contributed by atoms with E-state index in [2.05, 4.69) is 5.32 Å². The highest BCUT2D eigenvalue weighted by Gasteiger charge is 1.98. The van der Waals surface area contributed by atoms with E-state index in [1.807, 2.05) is 55.6 Å². The SMILES string of the molecule is Cc1ccc(OCCNC(=O)/C=C/c2sccc2C)cc1. The Hall–Kier alpha value is -2.07. The molecule has 0 bridgehead atoms. The van der Waals surface area contributed by atoms with E-state index in [4.69, 9.17) is 4.74 Å². The number of nitrogens with one attached hydrogen (secondary N) is 1. The molecule has 0 saturated carbocycles. The van der Waals surface area contributed by atoms with Gasteiger partial charge in [-0.05, 0) is 49.1 Å². The van der Waals surface area contributed by atoms with Crippen LogP contribution < -0.4 is 10.1 Å². The summed E-state index contributed by atoms with van der Waals surface area (Å²) in [6.07, 6.45) is 3.40. The predicted molar refractivity (Wildman–Crippen MR) is 87.8 cm³/mol. The summed E-state index contributed by atoms with van der Waals surface area (Å²) in [6.45, 7) is 5.01. The minimum Gasteiger partial charge on any atom is -0.492 e. The minimum atomic E-state index is -0.102. The van der Waals surface area contributed by atoms with Crippen molar-refractivity contribution in [2.45, 2.75) is 13.8 Å². The third kappa shape index (κ3) is 5.08. The highest BCUT2D eigenvalue weighted by Crippen LogP contribution is 2.16. The third-order valence-corrected chi connectivity index (χ3v) is 3.96. The molecule has 0 unspecified atom stereocenters. The van der Waals surface area contributed by atoms with Crippen molar-refractivity contribution < 1.29 is 9.53 Å². The maximum Gasteiger partial charge on any atom is 0.244 e. The van der Waals surface area contributed by atoms with Gasteiger partial charge in [0.15, 0.2) is 0 Å². The van der Waals surface area contributed by atoms with E-state index in [0.29, 0.717) is 13.2 Å². The first kappa shape index (κ1) is 15.3. The summed E-state index contributed by atoms with van der Waals surface area (Å²) >= 11 is 1.63. The largest absolute Gasteiger partial charge is 0.492 e. The lowest BCUT2D eigenvalue weighted by Crippen LogP contribution is -2.26. The molecule has 1 N–H and O–H groups in total. The number of thiophene rings is 1. The van der Waals surface area contributed by atoms with Crippen LogP contribution in [0.2, 0.25) is 0 Å². The van der Waals surface area contributed by atoms with Crippen LogP contribution in [0.3, 0.4) is 0 Å². The van der Waals surface area contributed by atoms with Crippen molar-refractivity contribution in [3.63, 3.8) is 0 Å². The average Bonchev–Trinajstić information content (AvgIpc) is 2.89. The number of carbonyl (C=O) groups is 1. The van der Waals surface area contributed by atoms with E-state index in [9.17, 15) is 4.79 Å². The Labute approximate surface area is 129 Å². The lowest BCUT2D eigenvalue weighted by Gasteiger charge is -2.06. The van der Waals surface area contributed by atoms with E-state index < -0.39 is 0 Å². The van der Waals surface area contributed by atoms with Crippen LogP contribution in [-0.4, -0.2) is 19.1 Å². The highest BCUT2D eigenvalue weighted by molar-refractivity contribution is 7.11. The number of hydrogen-bond acceptors (Lipinski definition) is 3. The Bertz CT molecular complexity index is 614. The number of amides is 1. The fourth-order valence-electron chi connectivity index (χ4n) is 1.74. The van der Waals surface area contributed by atoms with Crippen LogP contribution in [0.4, 0.5) is 0 Å². The molecule has 0 aliphatic heterocycles. The van der Waals surface area contributed by atoms with Crippen molar-refractivity contribution >= 4 is 23.3 Å². The molecular formula is C17H19NO2S. The van der Waals surface area contributed by atoms with Crippen molar-refractivity contribution in [2.75, 3.05) is 13.2 Å². The molecule has 0 saturated heterocycles. The molecule has 110 valence electrons. The van der Waals surface area contributed by atoms with Crippen LogP contribution in [0, 0.1) is 13.8 Å². The summed E-state index contributed by atoms with van der Waals surface area (Å²) in [5.74, 6) is 0.718. The molecule has 0 aliphatic rings. The van der Waals surface area contributed by atoms with E-state index >= 15 is 0 Å². The van der Waals surface area contributed by atoms with Crippen molar-refractivity contribution in [3.8, 4) is 5.75 Å². The normalized spacial score (nSPS) is 10.8. The van der Waals surface area contributed by atoms with E-state index in [0.717, 1.165) is 10.6 Å². The molecule has 2 rings (SSSR count). The van der Waals surface area contributed by atoms with Gasteiger partial charge in [0, 0.05) is 11.0 Å². The number of ether oxygens (including phenoxy) is 1. The average molecular weight is 301 g/mol. The molecule has 0 radical (unpaired) electrons. The molecule has 2 aromatic rings. The van der Waals surface area contributed by atoms with Crippen LogP contribution in [0.25, 0.3) is 6.08 Å². The summed E-state index contributed by atoms with van der Waals surface area (Å²) in [5.41, 5.74) is 2.39. The van der Waals surface area contributed by atoms with Crippen molar-refractivity contribution in [3.05, 3.63) is 57.8 Å². The lowest BCUT2D eigenvalue weighted by atomic mass is 10.2. The van der Waals surface area contributed by atoms with Gasteiger partial charge in [-0.2, -0.15) is 0 Å². The Morgan fingerprint density at radius 3 is 2.67 bits per heavy atom. The molecule has 1 aromatic carbocycles. The van der Waals surface area contributed by atoms with Gasteiger partial charge in [-0.15, -0.1) is 11.3 Å². The van der Waals surface area contributed by atoms with Gasteiger partial charge >= 0.3 is 0 Å². The summed E-state index contributed by atoms with van der Waals surface area (Å²) < 4.78 is 5.54. The van der Waals surface area contributed by atoms with Gasteiger partial charge in [0.2, 0.25) is 5.91 Å². The Balaban J connectivity index is 1.69. The van der Waals surface area contributed by atoms with E-state index in [-0.39, 0.29) is 5.91 Å². The molecule has 1 aromatic heterocycles. The standard InChI is InChI=1S/C17H19NO2S/c1-13-3-5-15(6-4-13)20-11-10-18-17(19)8-7-16-14(2)9-12-21-16/h3-9,12H,10-11H2,1-2H3,(H,18,19)/b8-7+. The van der Waals surface area contributed by atoms with Crippen molar-refractivity contribution in [1.82, 2.24) is 5.32 Å². The summed E-state index contributed by atoms with van der Waals surface area (Å²) in [5, 5.41) is 4.82. The van der Waals surface area contributed by atoms with Gasteiger partial charge in [0.05, 0.1) is 6.54 Å². The number of aryl methyl sites for hydroxylation is 2. The first-order valence-electron chi connectivity index (χ1n) is 6.84. The van der Waals surface area contributed by atoms with Crippen LogP contribution in [-0.2, 0) is 4.79 Å². The van der Waals surface area contributed by atoms with Crippen LogP contribution >= 0.6 is 11.3 Å². The molecule has 0 fully saturated rings. The summed E-state index contributed by atoms with van der Waals surface area (Å²) in [6, 6.07) is 9.89. The van der Waals surface area contributed by atoms with Gasteiger partial charge < -0.3 is 10.1 Å². The zero-order valence-corrected chi connectivity index (χ0v) is 13.1. The van der Waals surface area contributed by atoms with Crippen LogP contribution in [0.1, 0.15) is 16.0 Å². The van der Waals surface area contributed by atoms with Crippen LogP contribution in [0.5, 0.6) is 5.75 Å². The first-order chi connectivity index (χ1) is 10.1. The van der Waals surface area contributed by atoms with Crippen LogP contribution in [0.15, 0.2) is 41.8 Å². The quantitative estimate of drug-likeness (QED) is 0.654. The smallest absolute Gasteiger partial charge is 0.244 e. The molecule has 1 amide bonds. The number of carbonyl (C=O) groups excluding carboxylic acids is 1.